The molecule has 130 valence electrons. The SMILES string of the molecule is CCc1ccccc1NC(=O)CN1C(=O)C(C)Oc2ccc(N)nc21. The van der Waals surface area contributed by atoms with Gasteiger partial charge in [0.25, 0.3) is 5.91 Å². The van der Waals surface area contributed by atoms with E-state index in [1.807, 2.05) is 31.2 Å². The number of nitrogen functional groups attached to an aromatic ring is 1. The number of para-hydroxylation sites is 1. The minimum atomic E-state index is -0.686. The van der Waals surface area contributed by atoms with Gasteiger partial charge in [0.15, 0.2) is 17.7 Å². The maximum absolute atomic E-state index is 12.5. The highest BCUT2D eigenvalue weighted by atomic mass is 16.5. The van der Waals surface area contributed by atoms with Crippen LogP contribution in [0.15, 0.2) is 36.4 Å². The summed E-state index contributed by atoms with van der Waals surface area (Å²) in [6.45, 7) is 3.49. The van der Waals surface area contributed by atoms with Gasteiger partial charge < -0.3 is 15.8 Å². The van der Waals surface area contributed by atoms with E-state index >= 15 is 0 Å². The van der Waals surface area contributed by atoms with E-state index in [4.69, 9.17) is 10.5 Å². The summed E-state index contributed by atoms with van der Waals surface area (Å²) in [4.78, 5) is 30.4. The van der Waals surface area contributed by atoms with Gasteiger partial charge in [0.05, 0.1) is 0 Å². The minimum absolute atomic E-state index is 0.159. The number of hydrogen-bond donors (Lipinski definition) is 2. The quantitative estimate of drug-likeness (QED) is 0.887. The molecule has 1 aliphatic rings. The largest absolute Gasteiger partial charge is 0.477 e. The van der Waals surface area contributed by atoms with E-state index in [0.29, 0.717) is 5.75 Å². The number of nitrogens with two attached hydrogens (primary N) is 1. The highest BCUT2D eigenvalue weighted by Gasteiger charge is 2.34. The number of pyridine rings is 1. The van der Waals surface area contributed by atoms with Crippen LogP contribution in [-0.2, 0) is 16.0 Å². The Balaban J connectivity index is 1.83. The number of carbonyl (C=O) groups excluding carboxylic acids is 2. The number of amides is 2. The van der Waals surface area contributed by atoms with Crippen LogP contribution >= 0.6 is 0 Å². The Morgan fingerprint density at radius 2 is 2.08 bits per heavy atom. The molecule has 1 atom stereocenters. The Morgan fingerprint density at radius 1 is 1.32 bits per heavy atom. The summed E-state index contributed by atoms with van der Waals surface area (Å²) in [7, 11) is 0. The lowest BCUT2D eigenvalue weighted by molar-refractivity contribution is -0.127. The predicted octanol–water partition coefficient (Wildman–Crippen LogP) is 1.98. The molecule has 1 unspecified atom stereocenters. The van der Waals surface area contributed by atoms with Gasteiger partial charge in [-0.2, -0.15) is 0 Å². The van der Waals surface area contributed by atoms with Crippen molar-refractivity contribution in [1.29, 1.82) is 0 Å². The number of ether oxygens (including phenoxy) is 1. The van der Waals surface area contributed by atoms with E-state index in [2.05, 4.69) is 10.3 Å². The van der Waals surface area contributed by atoms with E-state index in [9.17, 15) is 9.59 Å². The molecular weight excluding hydrogens is 320 g/mol. The predicted molar refractivity (Wildman–Crippen MR) is 95.5 cm³/mol. The lowest BCUT2D eigenvalue weighted by Crippen LogP contribution is -2.48. The number of nitrogens with one attached hydrogen (secondary N) is 1. The summed E-state index contributed by atoms with van der Waals surface area (Å²) in [5, 5.41) is 2.86. The third kappa shape index (κ3) is 3.40. The second-order valence-corrected chi connectivity index (χ2v) is 5.80. The van der Waals surface area contributed by atoms with Crippen molar-refractivity contribution in [2.45, 2.75) is 26.4 Å². The van der Waals surface area contributed by atoms with Crippen molar-refractivity contribution >= 4 is 29.1 Å². The minimum Gasteiger partial charge on any atom is -0.477 e. The molecule has 7 nitrogen and oxygen atoms in total. The highest BCUT2D eigenvalue weighted by Crippen LogP contribution is 2.32. The van der Waals surface area contributed by atoms with E-state index < -0.39 is 6.10 Å². The molecule has 7 heteroatoms. The van der Waals surface area contributed by atoms with Crippen LogP contribution < -0.4 is 20.7 Å². The standard InChI is InChI=1S/C18H20N4O3/c1-3-12-6-4-5-7-13(12)20-16(23)10-22-17-14(8-9-15(19)21-17)25-11(2)18(22)24/h4-9,11H,3,10H2,1-2H3,(H2,19,21)(H,20,23). The van der Waals surface area contributed by atoms with E-state index in [0.717, 1.165) is 17.7 Å². The molecule has 1 aromatic heterocycles. The second-order valence-electron chi connectivity index (χ2n) is 5.80. The number of carbonyl (C=O) groups is 2. The molecule has 3 rings (SSSR count). The van der Waals surface area contributed by atoms with Crippen molar-refractivity contribution < 1.29 is 14.3 Å². The molecule has 0 saturated heterocycles. The summed E-state index contributed by atoms with van der Waals surface area (Å²) >= 11 is 0. The summed E-state index contributed by atoms with van der Waals surface area (Å²) in [6, 6.07) is 10.8. The van der Waals surface area contributed by atoms with Crippen LogP contribution in [0.1, 0.15) is 19.4 Å². The first kappa shape index (κ1) is 16.8. The molecular formula is C18H20N4O3. The van der Waals surface area contributed by atoms with Gasteiger partial charge in [-0.15, -0.1) is 0 Å². The molecule has 0 bridgehead atoms. The molecule has 0 radical (unpaired) electrons. The van der Waals surface area contributed by atoms with Crippen LogP contribution in [0.4, 0.5) is 17.3 Å². The smallest absolute Gasteiger partial charge is 0.269 e. The Labute approximate surface area is 145 Å². The first-order valence-electron chi connectivity index (χ1n) is 8.12. The molecule has 0 spiro atoms. The fraction of sp³-hybridized carbons (Fsp3) is 0.278. The molecule has 3 N–H and O–H groups in total. The number of hydrogen-bond acceptors (Lipinski definition) is 5. The van der Waals surface area contributed by atoms with Crippen LogP contribution in [-0.4, -0.2) is 29.4 Å². The number of aromatic nitrogens is 1. The third-order valence-corrected chi connectivity index (χ3v) is 4.01. The van der Waals surface area contributed by atoms with Crippen molar-refractivity contribution in [3.63, 3.8) is 0 Å². The van der Waals surface area contributed by atoms with E-state index in [-0.39, 0.29) is 30.0 Å². The van der Waals surface area contributed by atoms with E-state index in [1.165, 1.54) is 4.90 Å². The summed E-state index contributed by atoms with van der Waals surface area (Å²) < 4.78 is 5.52. The lowest BCUT2D eigenvalue weighted by Gasteiger charge is -2.31. The van der Waals surface area contributed by atoms with Crippen molar-refractivity contribution in [3.05, 3.63) is 42.0 Å². The summed E-state index contributed by atoms with van der Waals surface area (Å²) in [5.74, 6) is 0.319. The Hall–Kier alpha value is -3.09. The number of anilines is 3. The molecule has 2 heterocycles. The van der Waals surface area contributed by atoms with Crippen molar-refractivity contribution in [1.82, 2.24) is 4.98 Å². The van der Waals surface area contributed by atoms with Crippen LogP contribution in [0.3, 0.4) is 0 Å². The van der Waals surface area contributed by atoms with Gasteiger partial charge in [-0.3, -0.25) is 14.5 Å². The van der Waals surface area contributed by atoms with Crippen LogP contribution in [0.25, 0.3) is 0 Å². The second kappa shape index (κ2) is 6.80. The van der Waals surface area contributed by atoms with Gasteiger partial charge >= 0.3 is 0 Å². The zero-order valence-electron chi connectivity index (χ0n) is 14.2. The molecule has 0 saturated carbocycles. The Bertz CT molecular complexity index is 822. The molecule has 2 aromatic rings. The van der Waals surface area contributed by atoms with Gasteiger partial charge in [0, 0.05) is 5.69 Å². The van der Waals surface area contributed by atoms with Crippen LogP contribution in [0.2, 0.25) is 0 Å². The fourth-order valence-electron chi connectivity index (χ4n) is 2.74. The maximum Gasteiger partial charge on any atom is 0.269 e. The monoisotopic (exact) mass is 340 g/mol. The number of rotatable bonds is 4. The first-order valence-corrected chi connectivity index (χ1v) is 8.12. The van der Waals surface area contributed by atoms with Crippen molar-refractivity contribution in [3.8, 4) is 5.75 Å². The molecule has 1 aromatic carbocycles. The first-order chi connectivity index (χ1) is 12.0. The van der Waals surface area contributed by atoms with Crippen molar-refractivity contribution in [2.24, 2.45) is 0 Å². The van der Waals surface area contributed by atoms with Crippen molar-refractivity contribution in [2.75, 3.05) is 22.5 Å². The maximum atomic E-state index is 12.5. The van der Waals surface area contributed by atoms with Crippen LogP contribution in [0.5, 0.6) is 5.75 Å². The zero-order chi connectivity index (χ0) is 18.0. The number of nitrogens with zero attached hydrogens (tertiary/aromatic N) is 2. The number of aryl methyl sites for hydroxylation is 1. The van der Waals surface area contributed by atoms with Gasteiger partial charge in [-0.05, 0) is 37.1 Å². The number of fused-ring (bicyclic) bond motifs is 1. The topological polar surface area (TPSA) is 97.5 Å². The zero-order valence-corrected chi connectivity index (χ0v) is 14.2. The third-order valence-electron chi connectivity index (χ3n) is 4.01. The van der Waals surface area contributed by atoms with Gasteiger partial charge in [-0.1, -0.05) is 25.1 Å². The molecule has 1 aliphatic heterocycles. The lowest BCUT2D eigenvalue weighted by atomic mass is 10.1. The molecule has 0 fully saturated rings. The Morgan fingerprint density at radius 3 is 2.84 bits per heavy atom. The molecule has 0 aliphatic carbocycles. The van der Waals surface area contributed by atoms with Gasteiger partial charge in [0.1, 0.15) is 12.4 Å². The van der Waals surface area contributed by atoms with Gasteiger partial charge in [0.2, 0.25) is 5.91 Å². The average Bonchev–Trinajstić information content (AvgIpc) is 2.60. The fourth-order valence-corrected chi connectivity index (χ4v) is 2.74. The number of benzene rings is 1. The Kier molecular flexibility index (Phi) is 4.56. The highest BCUT2D eigenvalue weighted by molar-refractivity contribution is 6.05. The summed E-state index contributed by atoms with van der Waals surface area (Å²) in [6.07, 6.45) is 0.110. The summed E-state index contributed by atoms with van der Waals surface area (Å²) in [5.41, 5.74) is 7.48. The molecule has 2 amide bonds. The van der Waals surface area contributed by atoms with E-state index in [1.54, 1.807) is 19.1 Å². The average molecular weight is 340 g/mol. The van der Waals surface area contributed by atoms with Gasteiger partial charge in [-0.25, -0.2) is 4.98 Å². The van der Waals surface area contributed by atoms with Crippen LogP contribution in [0, 0.1) is 0 Å². The molecule has 25 heavy (non-hydrogen) atoms. The normalized spacial score (nSPS) is 16.2.